The van der Waals surface area contributed by atoms with Crippen molar-refractivity contribution in [3.8, 4) is 0 Å². The molecule has 0 bridgehead atoms. The molecule has 6 atom stereocenters. The van der Waals surface area contributed by atoms with Crippen LogP contribution in [0.1, 0.15) is 92.9 Å². The maximum Gasteiger partial charge on any atom is 0.324 e. The van der Waals surface area contributed by atoms with E-state index in [1.807, 2.05) is 33.8 Å². The van der Waals surface area contributed by atoms with Crippen molar-refractivity contribution in [2.45, 2.75) is 105 Å². The van der Waals surface area contributed by atoms with Gasteiger partial charge in [0.15, 0.2) is 5.78 Å². The molecule has 178 valence electrons. The summed E-state index contributed by atoms with van der Waals surface area (Å²) in [5.41, 5.74) is 1.51. The molecule has 5 nitrogen and oxygen atoms in total. The maximum atomic E-state index is 13.8. The first-order valence-corrected chi connectivity index (χ1v) is 12.9. The minimum absolute atomic E-state index is 0.00603. The van der Waals surface area contributed by atoms with Crippen molar-refractivity contribution >= 4 is 17.7 Å². The summed E-state index contributed by atoms with van der Waals surface area (Å²) in [7, 11) is 0. The number of carbonyl (C=O) groups excluding carboxylic acids is 3. The maximum absolute atomic E-state index is 13.8. The van der Waals surface area contributed by atoms with Crippen LogP contribution in [0.3, 0.4) is 0 Å². The molecule has 0 aromatic carbocycles. The van der Waals surface area contributed by atoms with Crippen LogP contribution in [0.25, 0.3) is 0 Å². The highest BCUT2D eigenvalue weighted by atomic mass is 16.2. The predicted molar refractivity (Wildman–Crippen MR) is 126 cm³/mol. The molecule has 0 aromatic rings. The molecule has 4 aliphatic rings. The summed E-state index contributed by atoms with van der Waals surface area (Å²) in [5, 5.41) is 2.93. The minimum atomic E-state index is -0.257. The Morgan fingerprint density at radius 3 is 2.38 bits per heavy atom. The zero-order chi connectivity index (χ0) is 23.4. The molecule has 1 N–H and O–H groups in total. The molecule has 0 saturated heterocycles. The van der Waals surface area contributed by atoms with E-state index in [0.717, 1.165) is 44.9 Å². The van der Waals surface area contributed by atoms with E-state index < -0.39 is 0 Å². The summed E-state index contributed by atoms with van der Waals surface area (Å²) >= 11 is 0. The third-order valence-corrected chi connectivity index (χ3v) is 9.64. The molecule has 3 saturated carbocycles. The van der Waals surface area contributed by atoms with Gasteiger partial charge in [-0.05, 0) is 107 Å². The number of hydrogen-bond acceptors (Lipinski definition) is 3. The second kappa shape index (κ2) is 8.29. The van der Waals surface area contributed by atoms with E-state index in [1.54, 1.807) is 0 Å². The van der Waals surface area contributed by atoms with E-state index in [4.69, 9.17) is 0 Å². The second-order valence-corrected chi connectivity index (χ2v) is 12.0. The first-order valence-electron chi connectivity index (χ1n) is 12.9. The summed E-state index contributed by atoms with van der Waals surface area (Å²) in [4.78, 5) is 40.2. The average Bonchev–Trinajstić information content (AvgIpc) is 3.05. The average molecular weight is 443 g/mol. The molecule has 0 spiro atoms. The van der Waals surface area contributed by atoms with Crippen LogP contribution in [-0.2, 0) is 9.59 Å². The first kappa shape index (κ1) is 23.5. The molecule has 3 fully saturated rings. The zero-order valence-corrected chi connectivity index (χ0v) is 20.9. The fraction of sp³-hybridized carbons (Fsp3) is 0.815. The molecule has 4 unspecified atom stereocenters. The zero-order valence-electron chi connectivity index (χ0n) is 20.9. The van der Waals surface area contributed by atoms with Crippen LogP contribution in [0.5, 0.6) is 0 Å². The lowest BCUT2D eigenvalue weighted by Gasteiger charge is -2.58. The van der Waals surface area contributed by atoms with E-state index in [9.17, 15) is 14.4 Å². The van der Waals surface area contributed by atoms with Gasteiger partial charge in [0.1, 0.15) is 0 Å². The van der Waals surface area contributed by atoms with Crippen molar-refractivity contribution in [3.05, 3.63) is 11.6 Å². The molecule has 0 heterocycles. The highest BCUT2D eigenvalue weighted by Crippen LogP contribution is 2.66. The van der Waals surface area contributed by atoms with E-state index in [0.29, 0.717) is 30.0 Å². The number of carbonyl (C=O) groups is 3. The molecular formula is C27H42N2O3. The lowest BCUT2D eigenvalue weighted by atomic mass is 9.47. The van der Waals surface area contributed by atoms with Crippen molar-refractivity contribution in [1.29, 1.82) is 0 Å². The van der Waals surface area contributed by atoms with Crippen molar-refractivity contribution in [3.63, 3.8) is 0 Å². The molecule has 4 aliphatic carbocycles. The van der Waals surface area contributed by atoms with Crippen LogP contribution < -0.4 is 5.32 Å². The number of imide groups is 1. The normalized spacial score (nSPS) is 38.6. The van der Waals surface area contributed by atoms with Crippen molar-refractivity contribution in [2.24, 2.45) is 34.5 Å². The third kappa shape index (κ3) is 3.64. The lowest BCUT2D eigenvalue weighted by Crippen LogP contribution is -2.55. The Bertz CT molecular complexity index is 831. The van der Waals surface area contributed by atoms with Crippen LogP contribution in [-0.4, -0.2) is 34.7 Å². The largest absolute Gasteiger partial charge is 0.335 e. The summed E-state index contributed by atoms with van der Waals surface area (Å²) in [6, 6.07) is -0.402. The fourth-order valence-electron chi connectivity index (χ4n) is 8.04. The van der Waals surface area contributed by atoms with Gasteiger partial charge < -0.3 is 5.32 Å². The van der Waals surface area contributed by atoms with E-state index in [-0.39, 0.29) is 40.8 Å². The van der Waals surface area contributed by atoms with Gasteiger partial charge in [-0.25, -0.2) is 4.79 Å². The Balaban J connectivity index is 1.58. The fourth-order valence-corrected chi connectivity index (χ4v) is 8.04. The summed E-state index contributed by atoms with van der Waals surface area (Å²) in [6.45, 7) is 12.5. The van der Waals surface area contributed by atoms with Gasteiger partial charge in [0.25, 0.3) is 0 Å². The van der Waals surface area contributed by atoms with Gasteiger partial charge in [0, 0.05) is 24.4 Å². The van der Waals surface area contributed by atoms with Gasteiger partial charge in [-0.3, -0.25) is 14.5 Å². The summed E-state index contributed by atoms with van der Waals surface area (Å²) in [6.07, 6.45) is 9.95. The topological polar surface area (TPSA) is 66.5 Å². The second-order valence-electron chi connectivity index (χ2n) is 12.0. The molecule has 0 radical (unpaired) electrons. The quantitative estimate of drug-likeness (QED) is 0.628. The first-order chi connectivity index (χ1) is 15.0. The highest BCUT2D eigenvalue weighted by Gasteiger charge is 2.60. The van der Waals surface area contributed by atoms with Crippen LogP contribution >= 0.6 is 0 Å². The van der Waals surface area contributed by atoms with Gasteiger partial charge in [-0.15, -0.1) is 0 Å². The molecule has 5 heteroatoms. The van der Waals surface area contributed by atoms with Gasteiger partial charge in [-0.2, -0.15) is 0 Å². The Morgan fingerprint density at radius 2 is 1.72 bits per heavy atom. The number of rotatable bonds is 3. The van der Waals surface area contributed by atoms with Gasteiger partial charge in [0.2, 0.25) is 5.91 Å². The monoisotopic (exact) mass is 442 g/mol. The third-order valence-electron chi connectivity index (χ3n) is 9.64. The number of hydrogen-bond donors (Lipinski definition) is 1. The number of nitrogens with one attached hydrogen (secondary N) is 1. The lowest BCUT2D eigenvalue weighted by molar-refractivity contribution is -0.141. The number of fused-ring (bicyclic) bond motifs is 5. The van der Waals surface area contributed by atoms with Crippen LogP contribution in [0.4, 0.5) is 4.79 Å². The Hall–Kier alpha value is -1.65. The number of allylic oxidation sites excluding steroid dienone is 1. The molecule has 4 rings (SSSR count). The smallest absolute Gasteiger partial charge is 0.324 e. The van der Waals surface area contributed by atoms with E-state index in [2.05, 4.69) is 19.2 Å². The number of urea groups is 1. The van der Waals surface area contributed by atoms with Crippen LogP contribution in [0.15, 0.2) is 11.6 Å². The van der Waals surface area contributed by atoms with E-state index >= 15 is 0 Å². The Labute approximate surface area is 193 Å². The SMILES string of the molecule is CC(C)NC(=O)N(C(=O)C1CCC2C3CCC4=CC(=O)CC[C@]4(C)C3CC[C@]12C)C(C)C. The minimum Gasteiger partial charge on any atom is -0.335 e. The summed E-state index contributed by atoms with van der Waals surface area (Å²) in [5.74, 6) is 2.02. The molecular weight excluding hydrogens is 400 g/mol. The van der Waals surface area contributed by atoms with Gasteiger partial charge >= 0.3 is 6.03 Å². The predicted octanol–water partition coefficient (Wildman–Crippen LogP) is 5.49. The van der Waals surface area contributed by atoms with Crippen LogP contribution in [0, 0.1) is 34.5 Å². The Kier molecular flexibility index (Phi) is 6.09. The number of nitrogens with zero attached hydrogens (tertiary/aromatic N) is 1. The number of amides is 3. The van der Waals surface area contributed by atoms with Crippen molar-refractivity contribution < 1.29 is 14.4 Å². The van der Waals surface area contributed by atoms with Gasteiger partial charge in [0.05, 0.1) is 0 Å². The Morgan fingerprint density at radius 1 is 1.00 bits per heavy atom. The van der Waals surface area contributed by atoms with Crippen molar-refractivity contribution in [1.82, 2.24) is 10.2 Å². The number of ketones is 1. The molecule has 0 aromatic heterocycles. The molecule has 32 heavy (non-hydrogen) atoms. The highest BCUT2D eigenvalue weighted by molar-refractivity contribution is 5.96. The standard InChI is InChI=1S/C27H42N2O3/c1-16(2)28-25(32)29(17(3)4)24(31)23-10-9-21-20-8-7-18-15-19(30)11-13-26(18,5)22(20)12-14-27(21,23)6/h15-17,20-23H,7-14H2,1-6H3,(H,28,32)/t20?,21?,22?,23?,26-,27-/m0/s1. The van der Waals surface area contributed by atoms with Crippen LogP contribution in [0.2, 0.25) is 0 Å². The van der Waals surface area contributed by atoms with Gasteiger partial charge in [-0.1, -0.05) is 19.4 Å². The van der Waals surface area contributed by atoms with E-state index in [1.165, 1.54) is 10.5 Å². The summed E-state index contributed by atoms with van der Waals surface area (Å²) < 4.78 is 0. The van der Waals surface area contributed by atoms with Crippen molar-refractivity contribution in [2.75, 3.05) is 0 Å². The molecule has 3 amide bonds. The molecule has 0 aliphatic heterocycles.